The highest BCUT2D eigenvalue weighted by Crippen LogP contribution is 2.40. The van der Waals surface area contributed by atoms with Gasteiger partial charge in [0.1, 0.15) is 18.3 Å². The Morgan fingerprint density at radius 2 is 1.76 bits per heavy atom. The number of hydrogen-bond acceptors (Lipinski definition) is 11. The summed E-state index contributed by atoms with van der Waals surface area (Å²) in [4.78, 5) is 73.0. The maximum Gasteiger partial charge on any atom is 0.414 e. The Morgan fingerprint density at radius 3 is 2.52 bits per heavy atom. The number of carbonyl (C=O) groups is 6. The molecule has 0 aliphatic carbocycles. The van der Waals surface area contributed by atoms with Crippen LogP contribution in [0, 0.1) is 0 Å². The molecule has 6 unspecified atom stereocenters. The summed E-state index contributed by atoms with van der Waals surface area (Å²) in [5.41, 5.74) is 0.725. The van der Waals surface area contributed by atoms with Crippen LogP contribution in [0.4, 0.5) is 4.79 Å². The van der Waals surface area contributed by atoms with Crippen LogP contribution in [0.25, 0.3) is 0 Å². The molecule has 0 aromatic heterocycles. The molecule has 0 saturated carbocycles. The second-order valence-corrected chi connectivity index (χ2v) is 11.4. The molecule has 0 aromatic rings. The lowest BCUT2D eigenvalue weighted by atomic mass is 10.0. The van der Waals surface area contributed by atoms with Crippen LogP contribution in [0.3, 0.4) is 0 Å². The standard InChI is InChI=1S/C33H44N2O11/c1-4-5-6-7-8-15-27(39)42-19-12-11-13-23-30(46-33(41)34-22(3)36)32-31(44-23)29-24(43-29)18-17-21(2)20-26(38)35-25(37)14-9-10-16-28(40)45-32/h9-11,13-14,16,20,23-24,29-32H,4-8,12,15,17-19H2,1-3H3,(H,34,36,41)(H,35,37,38). The molecule has 6 atom stereocenters. The van der Waals surface area contributed by atoms with Crippen molar-refractivity contribution in [2.45, 2.75) is 115 Å². The first-order valence-corrected chi connectivity index (χ1v) is 15.8. The van der Waals surface area contributed by atoms with Gasteiger partial charge in [-0.1, -0.05) is 62.5 Å². The van der Waals surface area contributed by atoms with Gasteiger partial charge in [0.15, 0.2) is 12.2 Å². The predicted octanol–water partition coefficient (Wildman–Crippen LogP) is 3.42. The molecular formula is C33H44N2O11. The minimum atomic E-state index is -1.16. The number of esters is 2. The number of amides is 4. The summed E-state index contributed by atoms with van der Waals surface area (Å²) in [5.74, 6) is -2.95. The molecule has 3 aliphatic heterocycles. The van der Waals surface area contributed by atoms with E-state index in [4.69, 9.17) is 23.7 Å². The Morgan fingerprint density at radius 1 is 1.00 bits per heavy atom. The number of nitrogens with one attached hydrogen (secondary N) is 2. The van der Waals surface area contributed by atoms with E-state index in [1.165, 1.54) is 18.2 Å². The summed E-state index contributed by atoms with van der Waals surface area (Å²) in [7, 11) is 0. The predicted molar refractivity (Wildman–Crippen MR) is 164 cm³/mol. The molecule has 0 spiro atoms. The molecule has 3 rings (SSSR count). The average molecular weight is 645 g/mol. The van der Waals surface area contributed by atoms with Crippen molar-refractivity contribution in [3.8, 4) is 0 Å². The maximum atomic E-state index is 12.8. The number of alkyl carbamates (subject to hydrolysis) is 1. The second kappa shape index (κ2) is 18.8. The first-order chi connectivity index (χ1) is 22.1. The molecule has 3 heterocycles. The van der Waals surface area contributed by atoms with E-state index in [0.29, 0.717) is 25.7 Å². The number of unbranched alkanes of at least 4 members (excludes halogenated alkanes) is 4. The molecule has 0 radical (unpaired) electrons. The van der Waals surface area contributed by atoms with Crippen molar-refractivity contribution < 1.29 is 52.5 Å². The van der Waals surface area contributed by atoms with Crippen molar-refractivity contribution in [2.75, 3.05) is 6.61 Å². The summed E-state index contributed by atoms with van der Waals surface area (Å²) < 4.78 is 28.7. The fraction of sp³-hybridized carbons (Fsp3) is 0.576. The fourth-order valence-corrected chi connectivity index (χ4v) is 5.10. The van der Waals surface area contributed by atoms with Crippen LogP contribution in [0.5, 0.6) is 0 Å². The summed E-state index contributed by atoms with van der Waals surface area (Å²) in [6.45, 7) is 5.19. The van der Waals surface area contributed by atoms with Gasteiger partial charge in [-0.05, 0) is 32.6 Å². The molecule has 2 N–H and O–H groups in total. The van der Waals surface area contributed by atoms with Crippen LogP contribution in [0.1, 0.15) is 78.6 Å². The number of imide groups is 2. The van der Waals surface area contributed by atoms with E-state index in [1.54, 1.807) is 19.1 Å². The first-order valence-electron chi connectivity index (χ1n) is 15.8. The number of ether oxygens (including phenoxy) is 5. The third-order valence-corrected chi connectivity index (χ3v) is 7.40. The Hall–Kier alpha value is -4.10. The Balaban J connectivity index is 1.73. The van der Waals surface area contributed by atoms with Gasteiger partial charge in [-0.2, -0.15) is 0 Å². The molecule has 2 saturated heterocycles. The minimum absolute atomic E-state index is 0.148. The van der Waals surface area contributed by atoms with E-state index in [2.05, 4.69) is 12.2 Å². The number of fused-ring (bicyclic) bond motifs is 3. The quantitative estimate of drug-likeness (QED) is 0.0842. The van der Waals surface area contributed by atoms with Crippen LogP contribution in [0.2, 0.25) is 0 Å². The van der Waals surface area contributed by atoms with Gasteiger partial charge in [0.25, 0.3) is 11.8 Å². The smallest absolute Gasteiger partial charge is 0.414 e. The van der Waals surface area contributed by atoms with E-state index in [0.717, 1.165) is 56.8 Å². The number of hydrogen-bond donors (Lipinski definition) is 2. The van der Waals surface area contributed by atoms with E-state index in [-0.39, 0.29) is 18.7 Å². The molecule has 0 aromatic carbocycles. The Bertz CT molecular complexity index is 1240. The van der Waals surface area contributed by atoms with Crippen molar-refractivity contribution in [3.63, 3.8) is 0 Å². The number of epoxide rings is 1. The van der Waals surface area contributed by atoms with Crippen LogP contribution in [-0.4, -0.2) is 79.0 Å². The van der Waals surface area contributed by atoms with Gasteiger partial charge in [-0.3, -0.25) is 29.8 Å². The van der Waals surface area contributed by atoms with Crippen molar-refractivity contribution in [1.29, 1.82) is 0 Å². The number of carbonyl (C=O) groups excluding carboxylic acids is 6. The summed E-state index contributed by atoms with van der Waals surface area (Å²) in [6.07, 6.45) is 10.3. The Kier molecular flexibility index (Phi) is 14.8. The molecule has 46 heavy (non-hydrogen) atoms. The highest BCUT2D eigenvalue weighted by molar-refractivity contribution is 6.05. The molecule has 0 bridgehead atoms. The van der Waals surface area contributed by atoms with Gasteiger partial charge in [-0.25, -0.2) is 9.59 Å². The summed E-state index contributed by atoms with van der Waals surface area (Å²) in [5, 5.41) is 4.25. The lowest BCUT2D eigenvalue weighted by molar-refractivity contribution is -0.150. The van der Waals surface area contributed by atoms with Crippen LogP contribution in [-0.2, 0) is 47.7 Å². The molecule has 252 valence electrons. The molecule has 13 nitrogen and oxygen atoms in total. The monoisotopic (exact) mass is 644 g/mol. The van der Waals surface area contributed by atoms with Crippen LogP contribution < -0.4 is 10.6 Å². The normalized spacial score (nSPS) is 26.7. The first kappa shape index (κ1) is 36.4. The lowest BCUT2D eigenvalue weighted by Gasteiger charge is -2.23. The van der Waals surface area contributed by atoms with E-state index in [1.807, 2.05) is 5.32 Å². The highest BCUT2D eigenvalue weighted by atomic mass is 16.7. The molecule has 13 heteroatoms. The zero-order valence-corrected chi connectivity index (χ0v) is 26.6. The van der Waals surface area contributed by atoms with Gasteiger partial charge in [0, 0.05) is 31.6 Å². The summed E-state index contributed by atoms with van der Waals surface area (Å²) in [6, 6.07) is 0. The van der Waals surface area contributed by atoms with Crippen LogP contribution >= 0.6 is 0 Å². The van der Waals surface area contributed by atoms with Crippen LogP contribution in [0.15, 0.2) is 48.1 Å². The second-order valence-electron chi connectivity index (χ2n) is 11.4. The zero-order valence-electron chi connectivity index (χ0n) is 26.6. The van der Waals surface area contributed by atoms with E-state index >= 15 is 0 Å². The van der Waals surface area contributed by atoms with Gasteiger partial charge < -0.3 is 23.7 Å². The molecule has 4 amide bonds. The number of rotatable bonds is 11. The van der Waals surface area contributed by atoms with Crippen molar-refractivity contribution in [1.82, 2.24) is 10.6 Å². The highest BCUT2D eigenvalue weighted by Gasteiger charge is 2.58. The van der Waals surface area contributed by atoms with Gasteiger partial charge in [0.2, 0.25) is 5.91 Å². The molecular weight excluding hydrogens is 600 g/mol. The zero-order chi connectivity index (χ0) is 33.5. The van der Waals surface area contributed by atoms with E-state index < -0.39 is 60.3 Å². The van der Waals surface area contributed by atoms with E-state index in [9.17, 15) is 28.8 Å². The van der Waals surface area contributed by atoms with Crippen molar-refractivity contribution in [3.05, 3.63) is 48.1 Å². The van der Waals surface area contributed by atoms with Gasteiger partial charge in [0.05, 0.1) is 12.7 Å². The molecule has 3 aliphatic rings. The van der Waals surface area contributed by atoms with Gasteiger partial charge >= 0.3 is 18.0 Å². The fourth-order valence-electron chi connectivity index (χ4n) is 5.10. The average Bonchev–Trinajstić information content (AvgIpc) is 3.69. The topological polar surface area (TPSA) is 176 Å². The molecule has 2 fully saturated rings. The maximum absolute atomic E-state index is 12.8. The third-order valence-electron chi connectivity index (χ3n) is 7.40. The van der Waals surface area contributed by atoms with Crippen molar-refractivity contribution in [2.24, 2.45) is 0 Å². The summed E-state index contributed by atoms with van der Waals surface area (Å²) >= 11 is 0. The third kappa shape index (κ3) is 12.7. The SMILES string of the molecule is CCCCCCCC(=O)OCCC=CC1OC2C3OC3CCC(C)=CC(=O)NC(=O)C=CC=CC(=O)OC2C1OC(=O)NC(C)=O. The lowest BCUT2D eigenvalue weighted by Crippen LogP contribution is -2.44. The van der Waals surface area contributed by atoms with Gasteiger partial charge in [-0.15, -0.1) is 0 Å². The number of allylic oxidation sites excluding steroid dienone is 3. The Labute approximate surface area is 268 Å². The van der Waals surface area contributed by atoms with Crippen molar-refractivity contribution >= 4 is 35.8 Å². The minimum Gasteiger partial charge on any atom is -0.465 e. The largest absolute Gasteiger partial charge is 0.465 e.